The van der Waals surface area contributed by atoms with E-state index in [1.54, 1.807) is 36.7 Å². The second-order valence-corrected chi connectivity index (χ2v) is 9.61. The minimum absolute atomic E-state index is 0.0323. The molecule has 0 aliphatic heterocycles. The van der Waals surface area contributed by atoms with Crippen LogP contribution in [0.3, 0.4) is 0 Å². The molecule has 2 N–H and O–H groups in total. The van der Waals surface area contributed by atoms with Crippen LogP contribution in [0.4, 0.5) is 11.5 Å². The maximum Gasteiger partial charge on any atom is 0.264 e. The lowest BCUT2D eigenvalue weighted by molar-refractivity contribution is -0.117. The van der Waals surface area contributed by atoms with E-state index in [0.29, 0.717) is 22.8 Å². The van der Waals surface area contributed by atoms with Gasteiger partial charge in [-0.3, -0.25) is 18.8 Å². The van der Waals surface area contributed by atoms with Gasteiger partial charge >= 0.3 is 0 Å². The van der Waals surface area contributed by atoms with Crippen LogP contribution in [0.25, 0.3) is 11.1 Å². The molecular formula is C24H24N4O6S. The van der Waals surface area contributed by atoms with Gasteiger partial charge in [0.1, 0.15) is 24.8 Å². The maximum atomic E-state index is 12.9. The molecule has 2 aromatic heterocycles. The number of amides is 2. The highest BCUT2D eigenvalue weighted by Crippen LogP contribution is 2.30. The smallest absolute Gasteiger partial charge is 0.264 e. The van der Waals surface area contributed by atoms with E-state index in [9.17, 15) is 18.0 Å². The van der Waals surface area contributed by atoms with E-state index in [2.05, 4.69) is 24.8 Å². The van der Waals surface area contributed by atoms with E-state index in [0.717, 1.165) is 30.2 Å². The molecule has 1 aliphatic carbocycles. The molecule has 11 heteroatoms. The lowest BCUT2D eigenvalue weighted by atomic mass is 10.0. The van der Waals surface area contributed by atoms with Crippen LogP contribution in [0, 0.1) is 5.92 Å². The standard InChI is InChI=1S/C24H24N4O6S/c1-35(31,32)34-13-12-33-19-6-4-16(5-7-19)20-9-10-25-15-21(20)27-24(30)18-8-11-26-22(14-18)28-23(29)17-2-3-17/h4-11,14-15,17H,2-3,12-13H2,1H3,(H,27,30)(H,26,28,29). The summed E-state index contributed by atoms with van der Waals surface area (Å²) in [4.78, 5) is 33.1. The number of hydrogen-bond acceptors (Lipinski definition) is 8. The topological polar surface area (TPSA) is 137 Å². The normalized spacial score (nSPS) is 13.2. The molecule has 4 rings (SSSR count). The van der Waals surface area contributed by atoms with E-state index < -0.39 is 10.1 Å². The van der Waals surface area contributed by atoms with Crippen molar-refractivity contribution in [2.45, 2.75) is 12.8 Å². The SMILES string of the molecule is CS(=O)(=O)OCCOc1ccc(-c2ccncc2NC(=O)c2ccnc(NC(=O)C3CC3)c2)cc1. The molecule has 1 fully saturated rings. The van der Waals surface area contributed by atoms with Crippen LogP contribution < -0.4 is 15.4 Å². The molecule has 1 aliphatic rings. The maximum absolute atomic E-state index is 12.9. The van der Waals surface area contributed by atoms with Crippen LogP contribution in [-0.2, 0) is 19.1 Å². The van der Waals surface area contributed by atoms with Crippen LogP contribution in [-0.4, -0.2) is 49.7 Å². The third-order valence-electron chi connectivity index (χ3n) is 5.11. The molecule has 2 heterocycles. The molecule has 0 atom stereocenters. The molecule has 0 unspecified atom stereocenters. The Morgan fingerprint density at radius 2 is 1.80 bits per heavy atom. The Bertz CT molecular complexity index is 1320. The number of aromatic nitrogens is 2. The average Bonchev–Trinajstić information content (AvgIpc) is 3.68. The van der Waals surface area contributed by atoms with Crippen molar-refractivity contribution in [1.82, 2.24) is 9.97 Å². The van der Waals surface area contributed by atoms with Crippen molar-refractivity contribution in [3.63, 3.8) is 0 Å². The van der Waals surface area contributed by atoms with Gasteiger partial charge in [-0.15, -0.1) is 0 Å². The molecule has 0 bridgehead atoms. The third kappa shape index (κ3) is 7.08. The summed E-state index contributed by atoms with van der Waals surface area (Å²) in [6, 6.07) is 12.0. The molecular weight excluding hydrogens is 472 g/mol. The third-order valence-corrected chi connectivity index (χ3v) is 5.70. The number of anilines is 2. The van der Waals surface area contributed by atoms with Crippen molar-refractivity contribution >= 4 is 33.4 Å². The number of carbonyl (C=O) groups is 2. The predicted octanol–water partition coefficient (Wildman–Crippen LogP) is 3.10. The Labute approximate surface area is 202 Å². The molecule has 1 saturated carbocycles. The molecule has 3 aromatic rings. The lowest BCUT2D eigenvalue weighted by Gasteiger charge is -2.12. The lowest BCUT2D eigenvalue weighted by Crippen LogP contribution is -2.16. The quantitative estimate of drug-likeness (QED) is 0.323. The van der Waals surface area contributed by atoms with Gasteiger partial charge in [0.2, 0.25) is 5.91 Å². The first-order valence-corrected chi connectivity index (χ1v) is 12.7. The largest absolute Gasteiger partial charge is 0.491 e. The minimum atomic E-state index is -3.51. The zero-order valence-electron chi connectivity index (χ0n) is 18.9. The highest BCUT2D eigenvalue weighted by atomic mass is 32.2. The first-order valence-electron chi connectivity index (χ1n) is 10.9. The number of ether oxygens (including phenoxy) is 1. The zero-order chi connectivity index (χ0) is 24.8. The van der Waals surface area contributed by atoms with E-state index in [4.69, 9.17) is 4.74 Å². The minimum Gasteiger partial charge on any atom is -0.491 e. The molecule has 182 valence electrons. The van der Waals surface area contributed by atoms with Gasteiger partial charge in [0, 0.05) is 29.4 Å². The van der Waals surface area contributed by atoms with Crippen molar-refractivity contribution in [3.05, 3.63) is 66.6 Å². The fourth-order valence-electron chi connectivity index (χ4n) is 3.23. The van der Waals surface area contributed by atoms with Gasteiger partial charge in [0.05, 0.1) is 18.1 Å². The fraction of sp³-hybridized carbons (Fsp3) is 0.250. The number of hydrogen-bond donors (Lipinski definition) is 2. The Hall–Kier alpha value is -3.83. The van der Waals surface area contributed by atoms with Crippen LogP contribution in [0.1, 0.15) is 23.2 Å². The Kier molecular flexibility index (Phi) is 7.37. The van der Waals surface area contributed by atoms with Gasteiger partial charge in [-0.25, -0.2) is 4.98 Å². The first kappa shape index (κ1) is 24.3. The average molecular weight is 497 g/mol. The number of pyridine rings is 2. The highest BCUT2D eigenvalue weighted by Gasteiger charge is 2.29. The van der Waals surface area contributed by atoms with Gasteiger partial charge in [-0.2, -0.15) is 8.42 Å². The summed E-state index contributed by atoms with van der Waals surface area (Å²) in [5.41, 5.74) is 2.42. The zero-order valence-corrected chi connectivity index (χ0v) is 19.7. The summed E-state index contributed by atoms with van der Waals surface area (Å²) < 4.78 is 32.1. The summed E-state index contributed by atoms with van der Waals surface area (Å²) in [7, 11) is -3.51. The van der Waals surface area contributed by atoms with E-state index in [1.807, 2.05) is 12.1 Å². The summed E-state index contributed by atoms with van der Waals surface area (Å²) >= 11 is 0. The van der Waals surface area contributed by atoms with E-state index >= 15 is 0 Å². The molecule has 0 radical (unpaired) electrons. The van der Waals surface area contributed by atoms with Crippen LogP contribution in [0.15, 0.2) is 61.1 Å². The molecule has 2 amide bonds. The van der Waals surface area contributed by atoms with Crippen LogP contribution >= 0.6 is 0 Å². The van der Waals surface area contributed by atoms with Gasteiger partial charge in [-0.1, -0.05) is 12.1 Å². The van der Waals surface area contributed by atoms with Crippen molar-refractivity contribution in [1.29, 1.82) is 0 Å². The summed E-state index contributed by atoms with van der Waals surface area (Å²) in [5, 5.41) is 5.60. The highest BCUT2D eigenvalue weighted by molar-refractivity contribution is 7.85. The van der Waals surface area contributed by atoms with Crippen LogP contribution in [0.2, 0.25) is 0 Å². The number of nitrogens with zero attached hydrogens (tertiary/aromatic N) is 2. The molecule has 1 aromatic carbocycles. The number of nitrogens with one attached hydrogen (secondary N) is 2. The number of benzene rings is 1. The monoisotopic (exact) mass is 496 g/mol. The second kappa shape index (κ2) is 10.6. The Morgan fingerprint density at radius 1 is 1.03 bits per heavy atom. The second-order valence-electron chi connectivity index (χ2n) is 7.97. The summed E-state index contributed by atoms with van der Waals surface area (Å²) in [6.07, 6.45) is 7.38. The first-order chi connectivity index (χ1) is 16.8. The van der Waals surface area contributed by atoms with Crippen molar-refractivity contribution in [2.24, 2.45) is 5.92 Å². The predicted molar refractivity (Wildman–Crippen MR) is 130 cm³/mol. The van der Waals surface area contributed by atoms with Crippen molar-refractivity contribution in [3.8, 4) is 16.9 Å². The molecule has 35 heavy (non-hydrogen) atoms. The Balaban J connectivity index is 1.42. The molecule has 0 spiro atoms. The summed E-state index contributed by atoms with van der Waals surface area (Å²) in [6.45, 7) is 0.000113. The van der Waals surface area contributed by atoms with Gasteiger partial charge < -0.3 is 15.4 Å². The molecule has 0 saturated heterocycles. The summed E-state index contributed by atoms with van der Waals surface area (Å²) in [5.74, 6) is 0.459. The number of carbonyl (C=O) groups excluding carboxylic acids is 2. The van der Waals surface area contributed by atoms with Gasteiger partial charge in [0.25, 0.3) is 16.0 Å². The van der Waals surface area contributed by atoms with Crippen molar-refractivity contribution < 1.29 is 26.9 Å². The molecule has 10 nitrogen and oxygen atoms in total. The van der Waals surface area contributed by atoms with Gasteiger partial charge in [0.15, 0.2) is 0 Å². The fourth-order valence-corrected chi connectivity index (χ4v) is 3.60. The van der Waals surface area contributed by atoms with E-state index in [1.165, 1.54) is 12.3 Å². The van der Waals surface area contributed by atoms with Crippen LogP contribution in [0.5, 0.6) is 5.75 Å². The van der Waals surface area contributed by atoms with E-state index in [-0.39, 0.29) is 30.9 Å². The van der Waals surface area contributed by atoms with Crippen molar-refractivity contribution in [2.75, 3.05) is 30.1 Å². The van der Waals surface area contributed by atoms with Gasteiger partial charge in [-0.05, 0) is 48.7 Å². The number of rotatable bonds is 10. The Morgan fingerprint density at radius 3 is 2.51 bits per heavy atom.